The van der Waals surface area contributed by atoms with Crippen LogP contribution in [0.1, 0.15) is 33.5 Å². The van der Waals surface area contributed by atoms with Crippen molar-refractivity contribution >= 4 is 17.4 Å². The minimum absolute atomic E-state index is 0.0380. The standard InChI is InChI=1S/C17H16ClFO/c1-11-3-4-12(2)13(9-11)6-8-17(20)14-5-7-15(18)16(19)10-14/h3-5,7,9-10H,6,8H2,1-2H3. The van der Waals surface area contributed by atoms with E-state index in [9.17, 15) is 9.18 Å². The van der Waals surface area contributed by atoms with Gasteiger partial charge in [-0.15, -0.1) is 0 Å². The van der Waals surface area contributed by atoms with E-state index in [1.807, 2.05) is 13.8 Å². The highest BCUT2D eigenvalue weighted by Gasteiger charge is 2.10. The molecule has 0 aliphatic carbocycles. The maximum Gasteiger partial charge on any atom is 0.163 e. The molecule has 0 fully saturated rings. The largest absolute Gasteiger partial charge is 0.294 e. The molecule has 0 aliphatic rings. The fraction of sp³-hybridized carbons (Fsp3) is 0.235. The summed E-state index contributed by atoms with van der Waals surface area (Å²) in [7, 11) is 0. The van der Waals surface area contributed by atoms with Gasteiger partial charge in [-0.1, -0.05) is 35.4 Å². The molecule has 0 bridgehead atoms. The molecular formula is C17H16ClFO. The summed E-state index contributed by atoms with van der Waals surface area (Å²) in [6, 6.07) is 10.4. The van der Waals surface area contributed by atoms with E-state index in [0.717, 1.165) is 5.56 Å². The molecule has 0 spiro atoms. The Morgan fingerprint density at radius 3 is 2.60 bits per heavy atom. The minimum atomic E-state index is -0.552. The quantitative estimate of drug-likeness (QED) is 0.731. The Bertz CT molecular complexity index is 649. The van der Waals surface area contributed by atoms with Crippen molar-refractivity contribution in [2.75, 3.05) is 0 Å². The first kappa shape index (κ1) is 14.7. The number of carbonyl (C=O) groups excluding carboxylic acids is 1. The predicted octanol–water partition coefficient (Wildman–Crippen LogP) is 4.91. The van der Waals surface area contributed by atoms with Crippen LogP contribution in [0, 0.1) is 19.7 Å². The molecule has 2 aromatic carbocycles. The van der Waals surface area contributed by atoms with Crippen molar-refractivity contribution in [1.29, 1.82) is 0 Å². The molecule has 0 saturated heterocycles. The fourth-order valence-electron chi connectivity index (χ4n) is 2.13. The highest BCUT2D eigenvalue weighted by Crippen LogP contribution is 2.18. The topological polar surface area (TPSA) is 17.1 Å². The van der Waals surface area contributed by atoms with Crippen molar-refractivity contribution in [3.63, 3.8) is 0 Å². The molecule has 0 saturated carbocycles. The molecule has 0 amide bonds. The van der Waals surface area contributed by atoms with Gasteiger partial charge in [0.15, 0.2) is 5.78 Å². The van der Waals surface area contributed by atoms with E-state index < -0.39 is 5.82 Å². The molecule has 0 atom stereocenters. The Morgan fingerprint density at radius 1 is 1.15 bits per heavy atom. The third-order valence-corrected chi connectivity index (χ3v) is 3.67. The van der Waals surface area contributed by atoms with Crippen LogP contribution in [0.3, 0.4) is 0 Å². The van der Waals surface area contributed by atoms with E-state index in [2.05, 4.69) is 18.2 Å². The first-order valence-corrected chi connectivity index (χ1v) is 6.89. The van der Waals surface area contributed by atoms with Crippen molar-refractivity contribution < 1.29 is 9.18 Å². The van der Waals surface area contributed by atoms with Crippen molar-refractivity contribution in [2.45, 2.75) is 26.7 Å². The number of hydrogen-bond acceptors (Lipinski definition) is 1. The molecule has 0 aromatic heterocycles. The molecule has 1 nitrogen and oxygen atoms in total. The van der Waals surface area contributed by atoms with Crippen LogP contribution in [0.2, 0.25) is 5.02 Å². The lowest BCUT2D eigenvalue weighted by molar-refractivity contribution is 0.0982. The molecule has 0 heterocycles. The summed E-state index contributed by atoms with van der Waals surface area (Å²) in [4.78, 5) is 12.1. The second-order valence-electron chi connectivity index (χ2n) is 4.98. The highest BCUT2D eigenvalue weighted by atomic mass is 35.5. The van der Waals surface area contributed by atoms with Gasteiger partial charge in [0.25, 0.3) is 0 Å². The molecular weight excluding hydrogens is 275 g/mol. The molecule has 104 valence electrons. The van der Waals surface area contributed by atoms with Crippen molar-refractivity contribution in [2.24, 2.45) is 0 Å². The van der Waals surface area contributed by atoms with Crippen LogP contribution >= 0.6 is 11.6 Å². The van der Waals surface area contributed by atoms with E-state index in [0.29, 0.717) is 18.4 Å². The Kier molecular flexibility index (Phi) is 4.56. The van der Waals surface area contributed by atoms with E-state index in [1.54, 1.807) is 6.07 Å². The van der Waals surface area contributed by atoms with Gasteiger partial charge in [0, 0.05) is 12.0 Å². The molecule has 20 heavy (non-hydrogen) atoms. The number of aryl methyl sites for hydroxylation is 3. The zero-order chi connectivity index (χ0) is 14.7. The van der Waals surface area contributed by atoms with Crippen LogP contribution in [-0.2, 0) is 6.42 Å². The second kappa shape index (κ2) is 6.19. The maximum absolute atomic E-state index is 13.3. The summed E-state index contributed by atoms with van der Waals surface area (Å²) in [6.45, 7) is 4.06. The van der Waals surface area contributed by atoms with Crippen LogP contribution in [0.4, 0.5) is 4.39 Å². The summed E-state index contributed by atoms with van der Waals surface area (Å²) in [6.07, 6.45) is 1.03. The maximum atomic E-state index is 13.3. The monoisotopic (exact) mass is 290 g/mol. The van der Waals surface area contributed by atoms with E-state index >= 15 is 0 Å². The summed E-state index contributed by atoms with van der Waals surface area (Å²) in [5.74, 6) is -0.620. The zero-order valence-electron chi connectivity index (χ0n) is 11.5. The van der Waals surface area contributed by atoms with Crippen LogP contribution < -0.4 is 0 Å². The molecule has 2 aromatic rings. The average molecular weight is 291 g/mol. The summed E-state index contributed by atoms with van der Waals surface area (Å²) in [5.41, 5.74) is 3.88. The Hall–Kier alpha value is -1.67. The zero-order valence-corrected chi connectivity index (χ0v) is 12.3. The number of ketones is 1. The summed E-state index contributed by atoms with van der Waals surface area (Å²) >= 11 is 5.61. The lowest BCUT2D eigenvalue weighted by Crippen LogP contribution is -2.03. The van der Waals surface area contributed by atoms with Crippen LogP contribution in [0.25, 0.3) is 0 Å². The first-order valence-electron chi connectivity index (χ1n) is 6.52. The van der Waals surface area contributed by atoms with Crippen molar-refractivity contribution in [3.8, 4) is 0 Å². The third kappa shape index (κ3) is 3.45. The van der Waals surface area contributed by atoms with Gasteiger partial charge in [0.1, 0.15) is 5.82 Å². The van der Waals surface area contributed by atoms with Crippen LogP contribution in [-0.4, -0.2) is 5.78 Å². The Labute approximate surface area is 123 Å². The Morgan fingerprint density at radius 2 is 1.90 bits per heavy atom. The summed E-state index contributed by atoms with van der Waals surface area (Å²) in [5, 5.41) is 0.0380. The van der Waals surface area contributed by atoms with Gasteiger partial charge >= 0.3 is 0 Å². The fourth-order valence-corrected chi connectivity index (χ4v) is 2.25. The Balaban J connectivity index is 2.08. The van der Waals surface area contributed by atoms with Gasteiger partial charge in [0.2, 0.25) is 0 Å². The second-order valence-corrected chi connectivity index (χ2v) is 5.39. The third-order valence-electron chi connectivity index (χ3n) is 3.37. The van der Waals surface area contributed by atoms with Gasteiger partial charge in [0.05, 0.1) is 5.02 Å². The van der Waals surface area contributed by atoms with Gasteiger partial charge in [-0.3, -0.25) is 4.79 Å². The van der Waals surface area contributed by atoms with Gasteiger partial charge in [-0.25, -0.2) is 4.39 Å². The average Bonchev–Trinajstić information content (AvgIpc) is 2.42. The van der Waals surface area contributed by atoms with Crippen LogP contribution in [0.15, 0.2) is 36.4 Å². The SMILES string of the molecule is Cc1ccc(C)c(CCC(=O)c2ccc(Cl)c(F)c2)c1. The van der Waals surface area contributed by atoms with Gasteiger partial charge in [-0.2, -0.15) is 0 Å². The van der Waals surface area contributed by atoms with Crippen LogP contribution in [0.5, 0.6) is 0 Å². The molecule has 0 N–H and O–H groups in total. The molecule has 2 rings (SSSR count). The smallest absolute Gasteiger partial charge is 0.163 e. The van der Waals surface area contributed by atoms with Crippen molar-refractivity contribution in [1.82, 2.24) is 0 Å². The minimum Gasteiger partial charge on any atom is -0.294 e. The summed E-state index contributed by atoms with van der Waals surface area (Å²) < 4.78 is 13.3. The van der Waals surface area contributed by atoms with E-state index in [-0.39, 0.29) is 10.8 Å². The van der Waals surface area contributed by atoms with E-state index in [4.69, 9.17) is 11.6 Å². The van der Waals surface area contributed by atoms with Gasteiger partial charge in [-0.05, 0) is 49.6 Å². The van der Waals surface area contributed by atoms with E-state index in [1.165, 1.54) is 23.3 Å². The normalized spacial score (nSPS) is 10.6. The lowest BCUT2D eigenvalue weighted by atomic mass is 9.98. The molecule has 0 aliphatic heterocycles. The molecule has 0 radical (unpaired) electrons. The predicted molar refractivity (Wildman–Crippen MR) is 80.0 cm³/mol. The number of rotatable bonds is 4. The van der Waals surface area contributed by atoms with Crippen molar-refractivity contribution in [3.05, 3.63) is 69.5 Å². The number of hydrogen-bond donors (Lipinski definition) is 0. The lowest BCUT2D eigenvalue weighted by Gasteiger charge is -2.07. The number of halogens is 2. The highest BCUT2D eigenvalue weighted by molar-refractivity contribution is 6.30. The van der Waals surface area contributed by atoms with Gasteiger partial charge < -0.3 is 0 Å². The molecule has 0 unspecified atom stereocenters. The number of Topliss-reactive ketones (excluding diaryl/α,β-unsaturated/α-hetero) is 1. The number of carbonyl (C=O) groups is 1. The first-order chi connectivity index (χ1) is 9.47. The molecule has 3 heteroatoms. The number of benzene rings is 2.